The van der Waals surface area contributed by atoms with Crippen LogP contribution in [0.25, 0.3) is 0 Å². The number of ether oxygens (including phenoxy) is 1. The van der Waals surface area contributed by atoms with Gasteiger partial charge in [0, 0.05) is 12.3 Å². The molecule has 0 saturated carbocycles. The third kappa shape index (κ3) is 4.95. The molecule has 1 aromatic carbocycles. The molecule has 0 amide bonds. The smallest absolute Gasteiger partial charge is 0.335 e. The lowest BCUT2D eigenvalue weighted by Crippen LogP contribution is -1.99. The Labute approximate surface area is 130 Å². The Morgan fingerprint density at radius 2 is 1.82 bits per heavy atom. The van der Waals surface area contributed by atoms with Crippen molar-refractivity contribution in [1.82, 2.24) is 4.98 Å². The van der Waals surface area contributed by atoms with Gasteiger partial charge in [-0.15, -0.1) is 0 Å². The van der Waals surface area contributed by atoms with Gasteiger partial charge in [-0.25, -0.2) is 4.98 Å². The van der Waals surface area contributed by atoms with Gasteiger partial charge in [0.15, 0.2) is 0 Å². The predicted octanol–water partition coefficient (Wildman–Crippen LogP) is 4.64. The number of pyridine rings is 1. The maximum atomic E-state index is 12.6. The van der Waals surface area contributed by atoms with Gasteiger partial charge in [-0.3, -0.25) is 4.57 Å². The van der Waals surface area contributed by atoms with Crippen LogP contribution < -0.4 is 4.74 Å². The molecule has 0 unspecified atom stereocenters. The van der Waals surface area contributed by atoms with Crippen LogP contribution in [0.3, 0.4) is 0 Å². The third-order valence-corrected chi connectivity index (χ3v) is 4.84. The number of hydrogen-bond acceptors (Lipinski definition) is 5. The minimum atomic E-state index is -3.11. The van der Waals surface area contributed by atoms with Crippen LogP contribution in [-0.2, 0) is 19.8 Å². The second-order valence-electron chi connectivity index (χ2n) is 4.52. The summed E-state index contributed by atoms with van der Waals surface area (Å²) in [6.07, 6.45) is 1.88. The Morgan fingerprint density at radius 1 is 1.05 bits per heavy atom. The Morgan fingerprint density at radius 3 is 2.45 bits per heavy atom. The van der Waals surface area contributed by atoms with Crippen molar-refractivity contribution >= 4 is 7.60 Å². The minimum absolute atomic E-state index is 0.216. The van der Waals surface area contributed by atoms with Gasteiger partial charge in [-0.05, 0) is 37.6 Å². The summed E-state index contributed by atoms with van der Waals surface area (Å²) in [6.45, 7) is 4.29. The summed E-state index contributed by atoms with van der Waals surface area (Å²) in [5, 5.41) is 0. The SMILES string of the molecule is CCOP(=O)(Cc1cccc(Oc2ccccn2)c1)OCC. The molecule has 6 heteroatoms. The Kier molecular flexibility index (Phi) is 6.13. The van der Waals surface area contributed by atoms with Crippen LogP contribution in [0.15, 0.2) is 48.7 Å². The van der Waals surface area contributed by atoms with Crippen molar-refractivity contribution in [3.8, 4) is 11.6 Å². The largest absolute Gasteiger partial charge is 0.439 e. The van der Waals surface area contributed by atoms with E-state index < -0.39 is 7.60 Å². The van der Waals surface area contributed by atoms with Crippen LogP contribution >= 0.6 is 7.60 Å². The first-order valence-corrected chi connectivity index (χ1v) is 8.94. The molecule has 118 valence electrons. The highest BCUT2D eigenvalue weighted by molar-refractivity contribution is 7.53. The number of hydrogen-bond donors (Lipinski definition) is 0. The summed E-state index contributed by atoms with van der Waals surface area (Å²) in [5.41, 5.74) is 0.832. The van der Waals surface area contributed by atoms with E-state index in [0.29, 0.717) is 24.8 Å². The summed E-state index contributed by atoms with van der Waals surface area (Å²) in [4.78, 5) is 4.11. The van der Waals surface area contributed by atoms with Crippen LogP contribution in [0.1, 0.15) is 19.4 Å². The van der Waals surface area contributed by atoms with E-state index in [-0.39, 0.29) is 6.16 Å². The number of rotatable bonds is 8. The molecule has 0 N–H and O–H groups in total. The third-order valence-electron chi connectivity index (χ3n) is 2.79. The second kappa shape index (κ2) is 8.08. The molecule has 0 bridgehead atoms. The standard InChI is InChI=1S/C16H20NO4P/c1-3-19-22(18,20-4-2)13-14-8-7-9-15(12-14)21-16-10-5-6-11-17-16/h5-12H,3-4,13H2,1-2H3. The van der Waals surface area contributed by atoms with Crippen molar-refractivity contribution in [2.45, 2.75) is 20.0 Å². The molecule has 0 aliphatic rings. The highest BCUT2D eigenvalue weighted by Gasteiger charge is 2.24. The van der Waals surface area contributed by atoms with E-state index in [1.165, 1.54) is 0 Å². The molecule has 2 rings (SSSR count). The minimum Gasteiger partial charge on any atom is -0.439 e. The van der Waals surface area contributed by atoms with Gasteiger partial charge in [0.1, 0.15) is 5.75 Å². The van der Waals surface area contributed by atoms with Gasteiger partial charge in [0.2, 0.25) is 5.88 Å². The summed E-state index contributed by atoms with van der Waals surface area (Å²) in [5.74, 6) is 1.15. The van der Waals surface area contributed by atoms with Gasteiger partial charge < -0.3 is 13.8 Å². The fourth-order valence-corrected chi connectivity index (χ4v) is 3.67. The fraction of sp³-hybridized carbons (Fsp3) is 0.312. The van der Waals surface area contributed by atoms with E-state index in [0.717, 1.165) is 5.56 Å². The quantitative estimate of drug-likeness (QED) is 0.663. The summed E-state index contributed by atoms with van der Waals surface area (Å²) in [7, 11) is -3.11. The normalized spacial score (nSPS) is 11.4. The monoisotopic (exact) mass is 321 g/mol. The van der Waals surface area contributed by atoms with E-state index in [1.54, 1.807) is 26.1 Å². The lowest BCUT2D eigenvalue weighted by Gasteiger charge is -2.17. The van der Waals surface area contributed by atoms with Crippen molar-refractivity contribution in [2.75, 3.05) is 13.2 Å². The maximum Gasteiger partial charge on any atom is 0.335 e. The zero-order valence-corrected chi connectivity index (χ0v) is 13.7. The molecule has 1 aromatic heterocycles. The maximum absolute atomic E-state index is 12.6. The summed E-state index contributed by atoms with van der Waals surface area (Å²) in [6, 6.07) is 12.8. The first-order valence-electron chi connectivity index (χ1n) is 7.21. The highest BCUT2D eigenvalue weighted by atomic mass is 31.2. The van der Waals surface area contributed by atoms with Gasteiger partial charge in [-0.1, -0.05) is 18.2 Å². The van der Waals surface area contributed by atoms with E-state index >= 15 is 0 Å². The lowest BCUT2D eigenvalue weighted by atomic mass is 10.2. The predicted molar refractivity (Wildman–Crippen MR) is 85.3 cm³/mol. The molecule has 0 spiro atoms. The topological polar surface area (TPSA) is 57.7 Å². The summed E-state index contributed by atoms with van der Waals surface area (Å²) < 4.78 is 28.8. The zero-order chi connectivity index (χ0) is 15.8. The number of nitrogens with zero attached hydrogens (tertiary/aromatic N) is 1. The molecule has 0 aliphatic heterocycles. The Hall–Kier alpha value is -1.68. The molecule has 0 aliphatic carbocycles. The second-order valence-corrected chi connectivity index (χ2v) is 6.58. The molecule has 2 aromatic rings. The highest BCUT2D eigenvalue weighted by Crippen LogP contribution is 2.51. The van der Waals surface area contributed by atoms with E-state index in [1.807, 2.05) is 36.4 Å². The van der Waals surface area contributed by atoms with Gasteiger partial charge in [0.05, 0.1) is 19.4 Å². The van der Waals surface area contributed by atoms with Crippen molar-refractivity contribution < 1.29 is 18.3 Å². The Bertz CT molecular complexity index is 623. The summed E-state index contributed by atoms with van der Waals surface area (Å²) >= 11 is 0. The van der Waals surface area contributed by atoms with E-state index in [9.17, 15) is 4.57 Å². The molecule has 22 heavy (non-hydrogen) atoms. The molecule has 0 radical (unpaired) electrons. The van der Waals surface area contributed by atoms with Crippen molar-refractivity contribution in [2.24, 2.45) is 0 Å². The van der Waals surface area contributed by atoms with Gasteiger partial charge >= 0.3 is 7.60 Å². The van der Waals surface area contributed by atoms with Gasteiger partial charge in [0.25, 0.3) is 0 Å². The number of aromatic nitrogens is 1. The molecular formula is C16H20NO4P. The molecule has 0 atom stereocenters. The molecule has 5 nitrogen and oxygen atoms in total. The average molecular weight is 321 g/mol. The Balaban J connectivity index is 2.12. The lowest BCUT2D eigenvalue weighted by molar-refractivity contribution is 0.219. The van der Waals surface area contributed by atoms with E-state index in [2.05, 4.69) is 4.98 Å². The molecule has 0 saturated heterocycles. The van der Waals surface area contributed by atoms with E-state index in [4.69, 9.17) is 13.8 Å². The van der Waals surface area contributed by atoms with Crippen LogP contribution in [-0.4, -0.2) is 18.2 Å². The first kappa shape index (κ1) is 16.7. The van der Waals surface area contributed by atoms with Crippen molar-refractivity contribution in [1.29, 1.82) is 0 Å². The number of benzene rings is 1. The molecular weight excluding hydrogens is 301 g/mol. The van der Waals surface area contributed by atoms with Crippen LogP contribution in [0.2, 0.25) is 0 Å². The first-order chi connectivity index (χ1) is 10.6. The van der Waals surface area contributed by atoms with Crippen LogP contribution in [0, 0.1) is 0 Å². The van der Waals surface area contributed by atoms with Crippen molar-refractivity contribution in [3.05, 3.63) is 54.2 Å². The fourth-order valence-electron chi connectivity index (χ4n) is 1.98. The molecule has 1 heterocycles. The average Bonchev–Trinajstić information content (AvgIpc) is 2.49. The van der Waals surface area contributed by atoms with Crippen LogP contribution in [0.5, 0.6) is 11.6 Å². The van der Waals surface area contributed by atoms with Crippen LogP contribution in [0.4, 0.5) is 0 Å². The van der Waals surface area contributed by atoms with Crippen molar-refractivity contribution in [3.63, 3.8) is 0 Å². The zero-order valence-electron chi connectivity index (χ0n) is 12.8. The molecule has 0 fully saturated rings. The van der Waals surface area contributed by atoms with Gasteiger partial charge in [-0.2, -0.15) is 0 Å².